The molecule has 2 aromatic rings. The maximum Gasteiger partial charge on any atom is 0.319 e. The van der Waals surface area contributed by atoms with Crippen molar-refractivity contribution in [2.75, 3.05) is 36.5 Å². The normalized spacial score (nSPS) is 18.9. The lowest BCUT2D eigenvalue weighted by atomic mass is 10.2. The van der Waals surface area contributed by atoms with E-state index in [1.165, 1.54) is 12.8 Å². The Labute approximate surface area is 145 Å². The molecular formula is C17H22N4O2S. The molecule has 4 rings (SSSR count). The molecule has 1 aliphatic carbocycles. The molecule has 0 atom stereocenters. The molecule has 2 N–H and O–H groups in total. The molecule has 2 heterocycles. The molecule has 6 nitrogen and oxygen atoms in total. The van der Waals surface area contributed by atoms with E-state index in [0.717, 1.165) is 60.2 Å². The number of thiazole rings is 1. The van der Waals surface area contributed by atoms with Gasteiger partial charge in [0.15, 0.2) is 5.13 Å². The van der Waals surface area contributed by atoms with E-state index in [-0.39, 0.29) is 6.03 Å². The molecule has 128 valence electrons. The number of anilines is 2. The van der Waals surface area contributed by atoms with Crippen molar-refractivity contribution in [3.63, 3.8) is 0 Å². The summed E-state index contributed by atoms with van der Waals surface area (Å²) in [7, 11) is 0. The minimum atomic E-state index is -0.112. The van der Waals surface area contributed by atoms with Crippen LogP contribution >= 0.6 is 11.3 Å². The van der Waals surface area contributed by atoms with Crippen LogP contribution in [0.1, 0.15) is 25.7 Å². The number of morpholine rings is 1. The van der Waals surface area contributed by atoms with Gasteiger partial charge in [-0.25, -0.2) is 9.78 Å². The quantitative estimate of drug-likeness (QED) is 0.896. The Hall–Kier alpha value is -1.86. The van der Waals surface area contributed by atoms with Gasteiger partial charge in [-0.1, -0.05) is 24.2 Å². The summed E-state index contributed by atoms with van der Waals surface area (Å²) in [6.07, 6.45) is 4.60. The fourth-order valence-electron chi connectivity index (χ4n) is 3.30. The van der Waals surface area contributed by atoms with Crippen LogP contribution in [0.3, 0.4) is 0 Å². The first-order valence-corrected chi connectivity index (χ1v) is 9.40. The highest BCUT2D eigenvalue weighted by Crippen LogP contribution is 2.31. The maximum atomic E-state index is 12.1. The summed E-state index contributed by atoms with van der Waals surface area (Å²) in [6, 6.07) is 6.11. The van der Waals surface area contributed by atoms with Crippen molar-refractivity contribution in [2.24, 2.45) is 0 Å². The number of aromatic nitrogens is 1. The Morgan fingerprint density at radius 2 is 2.04 bits per heavy atom. The highest BCUT2D eigenvalue weighted by molar-refractivity contribution is 7.22. The number of carbonyl (C=O) groups is 1. The van der Waals surface area contributed by atoms with Crippen LogP contribution in [0.5, 0.6) is 0 Å². The lowest BCUT2D eigenvalue weighted by Crippen LogP contribution is -2.36. The highest BCUT2D eigenvalue weighted by atomic mass is 32.1. The van der Waals surface area contributed by atoms with Crippen molar-refractivity contribution in [3.05, 3.63) is 18.2 Å². The van der Waals surface area contributed by atoms with Gasteiger partial charge in [0.25, 0.3) is 0 Å². The standard InChI is InChI=1S/C17H22N4O2S/c22-16(18-12-3-1-2-4-12)19-13-5-6-14-15(11-13)24-17(20-14)21-7-9-23-10-8-21/h5-6,11-12H,1-4,7-10H2,(H2,18,19,22). The molecule has 24 heavy (non-hydrogen) atoms. The zero-order chi connectivity index (χ0) is 16.4. The number of nitrogens with one attached hydrogen (secondary N) is 2. The van der Waals surface area contributed by atoms with Crippen molar-refractivity contribution in [2.45, 2.75) is 31.7 Å². The van der Waals surface area contributed by atoms with Crippen molar-refractivity contribution < 1.29 is 9.53 Å². The van der Waals surface area contributed by atoms with Crippen LogP contribution in [0.25, 0.3) is 10.2 Å². The SMILES string of the molecule is O=C(Nc1ccc2nc(N3CCOCC3)sc2c1)NC1CCCC1. The lowest BCUT2D eigenvalue weighted by Gasteiger charge is -2.25. The summed E-state index contributed by atoms with van der Waals surface area (Å²) >= 11 is 1.67. The Balaban J connectivity index is 1.45. The van der Waals surface area contributed by atoms with Gasteiger partial charge >= 0.3 is 6.03 Å². The molecule has 7 heteroatoms. The van der Waals surface area contributed by atoms with E-state index in [4.69, 9.17) is 9.72 Å². The van der Waals surface area contributed by atoms with E-state index in [0.29, 0.717) is 6.04 Å². The van der Waals surface area contributed by atoms with Gasteiger partial charge in [-0.3, -0.25) is 0 Å². The minimum Gasteiger partial charge on any atom is -0.378 e. The topological polar surface area (TPSA) is 66.5 Å². The highest BCUT2D eigenvalue weighted by Gasteiger charge is 2.18. The summed E-state index contributed by atoms with van der Waals surface area (Å²) in [6.45, 7) is 3.28. The van der Waals surface area contributed by atoms with Crippen LogP contribution in [0, 0.1) is 0 Å². The third-order valence-electron chi connectivity index (χ3n) is 4.61. The smallest absolute Gasteiger partial charge is 0.319 e. The van der Waals surface area contributed by atoms with E-state index < -0.39 is 0 Å². The molecule has 1 aromatic carbocycles. The second-order valence-corrected chi connectivity index (χ2v) is 7.37. The second-order valence-electron chi connectivity index (χ2n) is 6.36. The first-order chi connectivity index (χ1) is 11.8. The number of nitrogens with zero attached hydrogens (tertiary/aromatic N) is 2. The molecule has 2 aliphatic rings. The average molecular weight is 346 g/mol. The molecule has 2 amide bonds. The summed E-state index contributed by atoms with van der Waals surface area (Å²) in [5.41, 5.74) is 1.79. The molecule has 0 spiro atoms. The van der Waals surface area contributed by atoms with Crippen molar-refractivity contribution in [3.8, 4) is 0 Å². The summed E-state index contributed by atoms with van der Waals surface area (Å²) in [4.78, 5) is 19.1. The van der Waals surface area contributed by atoms with Crippen LogP contribution in [0.2, 0.25) is 0 Å². The maximum absolute atomic E-state index is 12.1. The fourth-order valence-corrected chi connectivity index (χ4v) is 4.36. The Morgan fingerprint density at radius 1 is 1.25 bits per heavy atom. The van der Waals surface area contributed by atoms with Gasteiger partial charge in [0.05, 0.1) is 23.4 Å². The molecule has 1 saturated carbocycles. The van der Waals surface area contributed by atoms with Gasteiger partial charge < -0.3 is 20.3 Å². The second kappa shape index (κ2) is 6.94. The molecule has 1 saturated heterocycles. The van der Waals surface area contributed by atoms with Crippen LogP contribution in [0.4, 0.5) is 15.6 Å². The minimum absolute atomic E-state index is 0.112. The van der Waals surface area contributed by atoms with Gasteiger partial charge in [0, 0.05) is 24.8 Å². The number of hydrogen-bond donors (Lipinski definition) is 2. The number of ether oxygens (including phenoxy) is 1. The average Bonchev–Trinajstić information content (AvgIpc) is 3.24. The third-order valence-corrected chi connectivity index (χ3v) is 5.69. The zero-order valence-electron chi connectivity index (χ0n) is 13.6. The third kappa shape index (κ3) is 3.47. The number of amides is 2. The number of carbonyl (C=O) groups excluding carboxylic acids is 1. The van der Waals surface area contributed by atoms with Crippen LogP contribution in [-0.4, -0.2) is 43.4 Å². The Morgan fingerprint density at radius 3 is 2.83 bits per heavy atom. The van der Waals surface area contributed by atoms with Crippen molar-refractivity contribution >= 4 is 38.4 Å². The lowest BCUT2D eigenvalue weighted by molar-refractivity contribution is 0.122. The predicted molar refractivity (Wildman–Crippen MR) is 97.1 cm³/mol. The van der Waals surface area contributed by atoms with Gasteiger partial charge in [0.2, 0.25) is 0 Å². The first kappa shape index (κ1) is 15.7. The number of fused-ring (bicyclic) bond motifs is 1. The summed E-state index contributed by atoms with van der Waals surface area (Å²) in [5, 5.41) is 7.02. The number of benzene rings is 1. The molecule has 1 aromatic heterocycles. The van der Waals surface area contributed by atoms with Gasteiger partial charge in [-0.2, -0.15) is 0 Å². The number of rotatable bonds is 3. The first-order valence-electron chi connectivity index (χ1n) is 8.59. The molecule has 0 radical (unpaired) electrons. The Bertz CT molecular complexity index is 720. The van der Waals surface area contributed by atoms with Crippen LogP contribution in [-0.2, 0) is 4.74 Å². The molecule has 1 aliphatic heterocycles. The van der Waals surface area contributed by atoms with Gasteiger partial charge in [-0.15, -0.1) is 0 Å². The van der Waals surface area contributed by atoms with E-state index in [1.54, 1.807) is 11.3 Å². The number of urea groups is 1. The molecular weight excluding hydrogens is 324 g/mol. The molecule has 2 fully saturated rings. The van der Waals surface area contributed by atoms with E-state index in [9.17, 15) is 4.79 Å². The van der Waals surface area contributed by atoms with Crippen LogP contribution < -0.4 is 15.5 Å². The molecule has 0 bridgehead atoms. The predicted octanol–water partition coefficient (Wildman–Crippen LogP) is 3.20. The Kier molecular flexibility index (Phi) is 4.53. The van der Waals surface area contributed by atoms with E-state index >= 15 is 0 Å². The monoisotopic (exact) mass is 346 g/mol. The van der Waals surface area contributed by atoms with E-state index in [1.807, 2.05) is 18.2 Å². The van der Waals surface area contributed by atoms with Crippen molar-refractivity contribution in [1.82, 2.24) is 10.3 Å². The summed E-state index contributed by atoms with van der Waals surface area (Å²) in [5.74, 6) is 0. The molecule has 0 unspecified atom stereocenters. The van der Waals surface area contributed by atoms with Gasteiger partial charge in [0.1, 0.15) is 0 Å². The van der Waals surface area contributed by atoms with Crippen LogP contribution in [0.15, 0.2) is 18.2 Å². The fraction of sp³-hybridized carbons (Fsp3) is 0.529. The van der Waals surface area contributed by atoms with Gasteiger partial charge in [-0.05, 0) is 31.0 Å². The number of hydrogen-bond acceptors (Lipinski definition) is 5. The van der Waals surface area contributed by atoms with E-state index in [2.05, 4.69) is 15.5 Å². The zero-order valence-corrected chi connectivity index (χ0v) is 14.4. The summed E-state index contributed by atoms with van der Waals surface area (Å²) < 4.78 is 6.49. The largest absolute Gasteiger partial charge is 0.378 e. The van der Waals surface area contributed by atoms with Crippen molar-refractivity contribution in [1.29, 1.82) is 0 Å².